The van der Waals surface area contributed by atoms with E-state index >= 15 is 0 Å². The molecule has 0 bridgehead atoms. The Balaban J connectivity index is 1.53. The van der Waals surface area contributed by atoms with Gasteiger partial charge in [0.25, 0.3) is 0 Å². The van der Waals surface area contributed by atoms with E-state index in [9.17, 15) is 14.6 Å². The Morgan fingerprint density at radius 2 is 1.97 bits per heavy atom. The van der Waals surface area contributed by atoms with Crippen molar-refractivity contribution in [3.05, 3.63) is 78.0 Å². The summed E-state index contributed by atoms with van der Waals surface area (Å²) in [5, 5.41) is 22.8. The first-order chi connectivity index (χ1) is 19.1. The first-order valence-corrected chi connectivity index (χ1v) is 13.6. The summed E-state index contributed by atoms with van der Waals surface area (Å²) in [6.45, 7) is 5.12. The van der Waals surface area contributed by atoms with Crippen LogP contribution in [-0.4, -0.2) is 60.9 Å². The number of phenolic OH excluding ortho intramolecular Hbond substituents is 1. The summed E-state index contributed by atoms with van der Waals surface area (Å²) in [5.41, 5.74) is 4.31. The standard InChI is InChI=1S/C30H35FN6O2/c1-2-14-32-30-33-15-13-26(34-30)29-28(22-7-9-23(31)10-8-22)35-27-12-11-24(37(27)29)20-36(16-4-17-38)19-21-5-3-6-25(39)18-21/h3,5-10,13,15,18,24,38-39H,2,4,11-12,14,16-17,19-20H2,1H3,(H,32,33,34). The van der Waals surface area contributed by atoms with Crippen molar-refractivity contribution in [2.45, 2.75) is 45.2 Å². The minimum absolute atomic E-state index is 0.117. The van der Waals surface area contributed by atoms with Gasteiger partial charge in [-0.2, -0.15) is 0 Å². The molecule has 1 unspecified atom stereocenters. The van der Waals surface area contributed by atoms with Gasteiger partial charge in [-0.25, -0.2) is 19.3 Å². The molecule has 1 aliphatic heterocycles. The van der Waals surface area contributed by atoms with Crippen molar-refractivity contribution in [3.8, 4) is 28.4 Å². The van der Waals surface area contributed by atoms with Crippen molar-refractivity contribution in [2.24, 2.45) is 0 Å². The second-order valence-electron chi connectivity index (χ2n) is 9.97. The van der Waals surface area contributed by atoms with Gasteiger partial charge >= 0.3 is 0 Å². The highest BCUT2D eigenvalue weighted by Crippen LogP contribution is 2.39. The van der Waals surface area contributed by atoms with Crippen LogP contribution >= 0.6 is 0 Å². The Labute approximate surface area is 228 Å². The fourth-order valence-electron chi connectivity index (χ4n) is 5.25. The first-order valence-electron chi connectivity index (χ1n) is 13.6. The van der Waals surface area contributed by atoms with E-state index in [0.717, 1.165) is 72.9 Å². The highest BCUT2D eigenvalue weighted by molar-refractivity contribution is 5.78. The molecule has 0 saturated carbocycles. The molecule has 8 nitrogen and oxygen atoms in total. The minimum atomic E-state index is -0.288. The maximum Gasteiger partial charge on any atom is 0.223 e. The highest BCUT2D eigenvalue weighted by atomic mass is 19.1. The predicted octanol–water partition coefficient (Wildman–Crippen LogP) is 5.05. The van der Waals surface area contributed by atoms with E-state index in [1.165, 1.54) is 12.1 Å². The van der Waals surface area contributed by atoms with E-state index in [-0.39, 0.29) is 24.2 Å². The summed E-state index contributed by atoms with van der Waals surface area (Å²) in [5.74, 6) is 1.51. The zero-order valence-electron chi connectivity index (χ0n) is 22.2. The second-order valence-corrected chi connectivity index (χ2v) is 9.97. The van der Waals surface area contributed by atoms with Crippen molar-refractivity contribution in [3.63, 3.8) is 0 Å². The molecule has 39 heavy (non-hydrogen) atoms. The maximum absolute atomic E-state index is 13.8. The van der Waals surface area contributed by atoms with Gasteiger partial charge in [0, 0.05) is 57.0 Å². The molecule has 3 heterocycles. The van der Waals surface area contributed by atoms with Crippen LogP contribution in [0.3, 0.4) is 0 Å². The molecular formula is C30H35FN6O2. The summed E-state index contributed by atoms with van der Waals surface area (Å²) >= 11 is 0. The molecule has 1 aliphatic rings. The lowest BCUT2D eigenvalue weighted by atomic mass is 10.1. The van der Waals surface area contributed by atoms with Crippen LogP contribution < -0.4 is 5.32 Å². The monoisotopic (exact) mass is 530 g/mol. The molecule has 9 heteroatoms. The number of halogens is 1. The van der Waals surface area contributed by atoms with Gasteiger partial charge in [0.1, 0.15) is 17.4 Å². The summed E-state index contributed by atoms with van der Waals surface area (Å²) < 4.78 is 16.1. The van der Waals surface area contributed by atoms with E-state index < -0.39 is 0 Å². The highest BCUT2D eigenvalue weighted by Gasteiger charge is 2.32. The largest absolute Gasteiger partial charge is 0.508 e. The van der Waals surface area contributed by atoms with E-state index in [2.05, 4.69) is 26.7 Å². The molecule has 0 aliphatic carbocycles. The Bertz CT molecular complexity index is 1390. The number of fused-ring (bicyclic) bond motifs is 1. The zero-order valence-corrected chi connectivity index (χ0v) is 22.2. The number of phenols is 1. The molecular weight excluding hydrogens is 495 g/mol. The Hall–Kier alpha value is -3.82. The number of aromatic hydroxyl groups is 1. The molecule has 2 aromatic heterocycles. The van der Waals surface area contributed by atoms with E-state index in [0.29, 0.717) is 18.9 Å². The number of aliphatic hydroxyl groups is 1. The van der Waals surface area contributed by atoms with Gasteiger partial charge in [-0.3, -0.25) is 4.90 Å². The molecule has 5 rings (SSSR count). The number of anilines is 1. The molecule has 0 amide bonds. The molecule has 204 valence electrons. The van der Waals surface area contributed by atoms with Crippen LogP contribution in [0.2, 0.25) is 0 Å². The van der Waals surface area contributed by atoms with Crippen molar-refractivity contribution < 1.29 is 14.6 Å². The summed E-state index contributed by atoms with van der Waals surface area (Å²) in [6.07, 6.45) is 5.13. The predicted molar refractivity (Wildman–Crippen MR) is 150 cm³/mol. The number of hydrogen-bond donors (Lipinski definition) is 3. The van der Waals surface area contributed by atoms with Gasteiger partial charge in [-0.1, -0.05) is 19.1 Å². The number of rotatable bonds is 12. The topological polar surface area (TPSA) is 99.3 Å². The molecule has 2 aromatic carbocycles. The first kappa shape index (κ1) is 26.8. The van der Waals surface area contributed by atoms with E-state index in [4.69, 9.17) is 9.97 Å². The molecule has 0 radical (unpaired) electrons. The van der Waals surface area contributed by atoms with Gasteiger partial charge in [0.15, 0.2) is 0 Å². The maximum atomic E-state index is 13.8. The average molecular weight is 531 g/mol. The number of aromatic nitrogens is 4. The second kappa shape index (κ2) is 12.4. The Kier molecular flexibility index (Phi) is 8.48. The lowest BCUT2D eigenvalue weighted by Gasteiger charge is -2.27. The van der Waals surface area contributed by atoms with Crippen LogP contribution in [0, 0.1) is 5.82 Å². The minimum Gasteiger partial charge on any atom is -0.508 e. The number of benzene rings is 2. The fraction of sp³-hybridized carbons (Fsp3) is 0.367. The van der Waals surface area contributed by atoms with Crippen molar-refractivity contribution in [1.82, 2.24) is 24.4 Å². The molecule has 1 atom stereocenters. The Morgan fingerprint density at radius 3 is 2.74 bits per heavy atom. The summed E-state index contributed by atoms with van der Waals surface area (Å²) in [6, 6.07) is 15.8. The third kappa shape index (κ3) is 6.26. The summed E-state index contributed by atoms with van der Waals surface area (Å²) in [4.78, 5) is 16.6. The number of aryl methyl sites for hydroxylation is 1. The van der Waals surface area contributed by atoms with E-state index in [1.807, 2.05) is 18.2 Å². The third-order valence-electron chi connectivity index (χ3n) is 7.02. The third-order valence-corrected chi connectivity index (χ3v) is 7.02. The van der Waals surface area contributed by atoms with Crippen molar-refractivity contribution >= 4 is 5.95 Å². The number of imidazole rings is 1. The van der Waals surface area contributed by atoms with Gasteiger partial charge < -0.3 is 20.1 Å². The van der Waals surface area contributed by atoms with Gasteiger partial charge in [0.05, 0.1) is 17.1 Å². The molecule has 4 aromatic rings. The average Bonchev–Trinajstić information content (AvgIpc) is 3.51. The lowest BCUT2D eigenvalue weighted by molar-refractivity contribution is 0.196. The number of aliphatic hydroxyl groups excluding tert-OH is 1. The van der Waals surface area contributed by atoms with Crippen LogP contribution in [0.1, 0.15) is 43.6 Å². The molecule has 0 saturated heterocycles. The number of hydrogen-bond acceptors (Lipinski definition) is 7. The molecule has 0 fully saturated rings. The van der Waals surface area contributed by atoms with E-state index in [1.54, 1.807) is 30.5 Å². The number of nitrogens with one attached hydrogen (secondary N) is 1. The van der Waals surface area contributed by atoms with Gasteiger partial charge in [-0.15, -0.1) is 0 Å². The van der Waals surface area contributed by atoms with Crippen LogP contribution in [0.15, 0.2) is 60.8 Å². The smallest absolute Gasteiger partial charge is 0.223 e. The van der Waals surface area contributed by atoms with Crippen molar-refractivity contribution in [1.29, 1.82) is 0 Å². The quantitative estimate of drug-likeness (QED) is 0.236. The van der Waals surface area contributed by atoms with Crippen molar-refractivity contribution in [2.75, 3.05) is 31.6 Å². The lowest BCUT2D eigenvalue weighted by Crippen LogP contribution is -2.31. The summed E-state index contributed by atoms with van der Waals surface area (Å²) in [7, 11) is 0. The Morgan fingerprint density at radius 1 is 1.13 bits per heavy atom. The molecule has 3 N–H and O–H groups in total. The van der Waals surface area contributed by atoms with Crippen LogP contribution in [0.25, 0.3) is 22.6 Å². The molecule has 0 spiro atoms. The van der Waals surface area contributed by atoms with Crippen LogP contribution in [-0.2, 0) is 13.0 Å². The van der Waals surface area contributed by atoms with Crippen LogP contribution in [0.4, 0.5) is 10.3 Å². The van der Waals surface area contributed by atoms with Crippen LogP contribution in [0.5, 0.6) is 5.75 Å². The zero-order chi connectivity index (χ0) is 27.2. The van der Waals surface area contributed by atoms with Gasteiger partial charge in [-0.05, 0) is 67.3 Å². The normalized spacial score (nSPS) is 14.6. The SMILES string of the molecule is CCCNc1nccc(-c2c(-c3ccc(F)cc3)nc3n2C(CN(CCCO)Cc2cccc(O)c2)CC3)n1. The number of nitrogens with zero attached hydrogens (tertiary/aromatic N) is 5. The van der Waals surface area contributed by atoms with Gasteiger partial charge in [0.2, 0.25) is 5.95 Å². The fourth-order valence-corrected chi connectivity index (χ4v) is 5.25.